The van der Waals surface area contributed by atoms with E-state index in [-0.39, 0.29) is 12.7 Å². The number of likely N-dealkylation sites (N-methyl/N-ethyl adjacent to an activating group) is 1. The zero-order valence-electron chi connectivity index (χ0n) is 17.8. The van der Waals surface area contributed by atoms with Crippen LogP contribution in [0.2, 0.25) is 0 Å². The van der Waals surface area contributed by atoms with Crippen LogP contribution < -0.4 is 9.47 Å². The highest BCUT2D eigenvalue weighted by Gasteiger charge is 2.18. The molecule has 4 rings (SSSR count). The zero-order valence-corrected chi connectivity index (χ0v) is 17.8. The molecule has 5 heteroatoms. The molecule has 0 saturated heterocycles. The van der Waals surface area contributed by atoms with E-state index in [4.69, 9.17) is 14.2 Å². The average Bonchev–Trinajstić information content (AvgIpc) is 2.80. The van der Waals surface area contributed by atoms with Crippen molar-refractivity contribution in [1.29, 1.82) is 0 Å². The standard InChI is InChI=1S/C26H29NO4/c1-27(17-20-12-13-24-25(16-20)30-15-14-29-24)18-23(28)19-31-26(21-8-4-2-5-9-21)22-10-6-3-7-11-22/h2-13,16,23,26,28H,14-15,17-19H2,1H3. The topological polar surface area (TPSA) is 51.2 Å². The number of benzene rings is 3. The van der Waals surface area contributed by atoms with Gasteiger partial charge in [-0.1, -0.05) is 66.7 Å². The lowest BCUT2D eigenvalue weighted by Gasteiger charge is -2.24. The van der Waals surface area contributed by atoms with Gasteiger partial charge in [0.05, 0.1) is 12.7 Å². The molecule has 0 fully saturated rings. The van der Waals surface area contributed by atoms with Crippen LogP contribution in [0.4, 0.5) is 0 Å². The van der Waals surface area contributed by atoms with Crippen LogP contribution in [0.15, 0.2) is 78.9 Å². The minimum atomic E-state index is -0.600. The summed E-state index contributed by atoms with van der Waals surface area (Å²) in [6.45, 7) is 2.62. The maximum atomic E-state index is 10.6. The Bertz CT molecular complexity index is 909. The van der Waals surface area contributed by atoms with Crippen LogP contribution in [0, 0.1) is 0 Å². The predicted molar refractivity (Wildman–Crippen MR) is 120 cm³/mol. The Morgan fingerprint density at radius 2 is 1.48 bits per heavy atom. The monoisotopic (exact) mass is 419 g/mol. The molecule has 0 amide bonds. The molecule has 0 radical (unpaired) electrons. The molecule has 0 aromatic heterocycles. The maximum absolute atomic E-state index is 10.6. The van der Waals surface area contributed by atoms with Crippen molar-refractivity contribution in [3.05, 3.63) is 95.6 Å². The summed E-state index contributed by atoms with van der Waals surface area (Å²) >= 11 is 0. The molecule has 0 bridgehead atoms. The number of hydrogen-bond donors (Lipinski definition) is 1. The second kappa shape index (κ2) is 10.4. The number of nitrogens with zero attached hydrogens (tertiary/aromatic N) is 1. The first-order valence-electron chi connectivity index (χ1n) is 10.7. The molecule has 1 aliphatic rings. The van der Waals surface area contributed by atoms with Gasteiger partial charge in [-0.25, -0.2) is 0 Å². The van der Waals surface area contributed by atoms with Gasteiger partial charge in [-0.3, -0.25) is 4.90 Å². The van der Waals surface area contributed by atoms with Gasteiger partial charge < -0.3 is 19.3 Å². The van der Waals surface area contributed by atoms with Gasteiger partial charge in [0.15, 0.2) is 11.5 Å². The molecule has 1 N–H and O–H groups in total. The van der Waals surface area contributed by atoms with Crippen LogP contribution in [0.3, 0.4) is 0 Å². The molecule has 3 aromatic carbocycles. The molecule has 1 aliphatic heterocycles. The fourth-order valence-corrected chi connectivity index (χ4v) is 3.82. The van der Waals surface area contributed by atoms with E-state index in [0.29, 0.717) is 26.3 Å². The molecule has 162 valence electrons. The number of aliphatic hydroxyl groups is 1. The van der Waals surface area contributed by atoms with E-state index in [1.807, 2.05) is 61.6 Å². The van der Waals surface area contributed by atoms with Gasteiger partial charge in [0.25, 0.3) is 0 Å². The number of hydrogen-bond acceptors (Lipinski definition) is 5. The van der Waals surface area contributed by atoms with E-state index in [9.17, 15) is 5.11 Å². The van der Waals surface area contributed by atoms with Crippen LogP contribution in [0.25, 0.3) is 0 Å². The van der Waals surface area contributed by atoms with E-state index >= 15 is 0 Å². The van der Waals surface area contributed by atoms with Crippen molar-refractivity contribution in [2.45, 2.75) is 18.8 Å². The Hall–Kier alpha value is -2.86. The number of fused-ring (bicyclic) bond motifs is 1. The summed E-state index contributed by atoms with van der Waals surface area (Å²) in [5.41, 5.74) is 3.27. The molecule has 5 nitrogen and oxygen atoms in total. The molecule has 0 spiro atoms. The van der Waals surface area contributed by atoms with Gasteiger partial charge in [-0.2, -0.15) is 0 Å². The summed E-state index contributed by atoms with van der Waals surface area (Å²) in [6.07, 6.45) is -0.808. The predicted octanol–water partition coefficient (Wildman–Crippen LogP) is 4.06. The highest BCUT2D eigenvalue weighted by Crippen LogP contribution is 2.31. The molecule has 31 heavy (non-hydrogen) atoms. The second-order valence-corrected chi connectivity index (χ2v) is 7.86. The van der Waals surface area contributed by atoms with E-state index < -0.39 is 6.10 Å². The van der Waals surface area contributed by atoms with Crippen LogP contribution >= 0.6 is 0 Å². The fourth-order valence-electron chi connectivity index (χ4n) is 3.82. The summed E-state index contributed by atoms with van der Waals surface area (Å²) in [5, 5.41) is 10.6. The largest absolute Gasteiger partial charge is 0.486 e. The quantitative estimate of drug-likeness (QED) is 0.567. The maximum Gasteiger partial charge on any atom is 0.161 e. The highest BCUT2D eigenvalue weighted by molar-refractivity contribution is 5.43. The highest BCUT2D eigenvalue weighted by atomic mass is 16.6. The Morgan fingerprint density at radius 3 is 2.13 bits per heavy atom. The van der Waals surface area contributed by atoms with Gasteiger partial charge >= 0.3 is 0 Å². The SMILES string of the molecule is CN(Cc1ccc2c(c1)OCCO2)CC(O)COC(c1ccccc1)c1ccccc1. The molecular formula is C26H29NO4. The minimum Gasteiger partial charge on any atom is -0.486 e. The van der Waals surface area contributed by atoms with Crippen molar-refractivity contribution < 1.29 is 19.3 Å². The van der Waals surface area contributed by atoms with Crippen molar-refractivity contribution >= 4 is 0 Å². The third-order valence-corrected chi connectivity index (χ3v) is 5.24. The lowest BCUT2D eigenvalue weighted by Crippen LogP contribution is -2.32. The van der Waals surface area contributed by atoms with Crippen molar-refractivity contribution in [3.63, 3.8) is 0 Å². The van der Waals surface area contributed by atoms with Gasteiger partial charge in [-0.05, 0) is 35.9 Å². The molecule has 3 aromatic rings. The Balaban J connectivity index is 1.33. The van der Waals surface area contributed by atoms with Crippen LogP contribution in [-0.4, -0.2) is 49.5 Å². The molecule has 1 heterocycles. The number of ether oxygens (including phenoxy) is 3. The van der Waals surface area contributed by atoms with Gasteiger partial charge in [0.1, 0.15) is 19.3 Å². The van der Waals surface area contributed by atoms with E-state index in [0.717, 1.165) is 28.2 Å². The molecule has 1 atom stereocenters. The Labute approximate surface area is 183 Å². The van der Waals surface area contributed by atoms with Crippen LogP contribution in [-0.2, 0) is 11.3 Å². The lowest BCUT2D eigenvalue weighted by molar-refractivity contribution is -0.00626. The normalized spacial score (nSPS) is 14.1. The minimum absolute atomic E-state index is 0.208. The Kier molecular flexibility index (Phi) is 7.20. The zero-order chi connectivity index (χ0) is 21.5. The summed E-state index contributed by atoms with van der Waals surface area (Å²) < 4.78 is 17.4. The van der Waals surface area contributed by atoms with Gasteiger partial charge in [0, 0.05) is 13.1 Å². The Morgan fingerprint density at radius 1 is 0.871 bits per heavy atom. The third-order valence-electron chi connectivity index (χ3n) is 5.24. The summed E-state index contributed by atoms with van der Waals surface area (Å²) in [4.78, 5) is 2.08. The van der Waals surface area contributed by atoms with E-state index in [1.165, 1.54) is 0 Å². The second-order valence-electron chi connectivity index (χ2n) is 7.86. The van der Waals surface area contributed by atoms with Crippen LogP contribution in [0.1, 0.15) is 22.8 Å². The van der Waals surface area contributed by atoms with Crippen molar-refractivity contribution in [2.75, 3.05) is 33.4 Å². The average molecular weight is 420 g/mol. The third kappa shape index (κ3) is 5.85. The van der Waals surface area contributed by atoms with Crippen molar-refractivity contribution in [3.8, 4) is 11.5 Å². The van der Waals surface area contributed by atoms with Crippen molar-refractivity contribution in [2.24, 2.45) is 0 Å². The number of rotatable bonds is 9. The summed E-state index contributed by atoms with van der Waals surface area (Å²) in [6, 6.07) is 26.2. The van der Waals surface area contributed by atoms with Crippen LogP contribution in [0.5, 0.6) is 11.5 Å². The van der Waals surface area contributed by atoms with Gasteiger partial charge in [-0.15, -0.1) is 0 Å². The summed E-state index contributed by atoms with van der Waals surface area (Å²) in [5.74, 6) is 1.58. The number of aliphatic hydroxyl groups excluding tert-OH is 1. The molecule has 0 saturated carbocycles. The lowest BCUT2D eigenvalue weighted by atomic mass is 10.0. The van der Waals surface area contributed by atoms with E-state index in [1.54, 1.807) is 0 Å². The first-order valence-corrected chi connectivity index (χ1v) is 10.7. The van der Waals surface area contributed by atoms with Crippen molar-refractivity contribution in [1.82, 2.24) is 4.90 Å². The molecular weight excluding hydrogens is 390 g/mol. The molecule has 1 unspecified atom stereocenters. The van der Waals surface area contributed by atoms with Gasteiger partial charge in [0.2, 0.25) is 0 Å². The summed E-state index contributed by atoms with van der Waals surface area (Å²) in [7, 11) is 1.99. The smallest absolute Gasteiger partial charge is 0.161 e. The first kappa shape index (κ1) is 21.4. The first-order chi connectivity index (χ1) is 15.2. The fraction of sp³-hybridized carbons (Fsp3) is 0.308. The molecule has 0 aliphatic carbocycles. The van der Waals surface area contributed by atoms with E-state index in [2.05, 4.69) is 29.2 Å².